The van der Waals surface area contributed by atoms with Gasteiger partial charge in [-0.25, -0.2) is 9.37 Å². The van der Waals surface area contributed by atoms with E-state index in [2.05, 4.69) is 4.98 Å². The molecule has 0 aliphatic rings. The molecule has 0 aliphatic carbocycles. The van der Waals surface area contributed by atoms with Gasteiger partial charge in [0.15, 0.2) is 0 Å². The van der Waals surface area contributed by atoms with E-state index < -0.39 is 5.82 Å². The molecule has 0 spiro atoms. The third kappa shape index (κ3) is 3.23. The van der Waals surface area contributed by atoms with Gasteiger partial charge in [0.25, 0.3) is 0 Å². The maximum atomic E-state index is 13.5. The number of hydrogen-bond donors (Lipinski definition) is 1. The molecule has 0 amide bonds. The molecular formula is C18H15FN2O. The number of ether oxygens (including phenoxy) is 1. The summed E-state index contributed by atoms with van der Waals surface area (Å²) >= 11 is 0. The number of nitrogens with two attached hydrogens (primary N) is 1. The lowest BCUT2D eigenvalue weighted by atomic mass is 10.1. The van der Waals surface area contributed by atoms with Crippen LogP contribution in [0, 0.1) is 5.82 Å². The van der Waals surface area contributed by atoms with Gasteiger partial charge >= 0.3 is 0 Å². The van der Waals surface area contributed by atoms with Crippen molar-refractivity contribution in [2.45, 2.75) is 6.61 Å². The lowest BCUT2D eigenvalue weighted by molar-refractivity contribution is 0.294. The molecule has 3 nitrogen and oxygen atoms in total. The van der Waals surface area contributed by atoms with Gasteiger partial charge in [-0.3, -0.25) is 0 Å². The molecule has 0 radical (unpaired) electrons. The summed E-state index contributed by atoms with van der Waals surface area (Å²) in [6.45, 7) is 0.462. The van der Waals surface area contributed by atoms with Crippen molar-refractivity contribution >= 4 is 5.69 Å². The first-order chi connectivity index (χ1) is 10.7. The van der Waals surface area contributed by atoms with Crippen molar-refractivity contribution < 1.29 is 9.13 Å². The largest absolute Gasteiger partial charge is 0.473 e. The number of nitrogens with zero attached hydrogens (tertiary/aromatic N) is 1. The molecule has 0 saturated heterocycles. The monoisotopic (exact) mass is 294 g/mol. The van der Waals surface area contributed by atoms with E-state index in [1.54, 1.807) is 24.4 Å². The van der Waals surface area contributed by atoms with Crippen LogP contribution in [0.25, 0.3) is 11.1 Å². The van der Waals surface area contributed by atoms with Crippen molar-refractivity contribution in [3.63, 3.8) is 0 Å². The van der Waals surface area contributed by atoms with Crippen LogP contribution >= 0.6 is 0 Å². The quantitative estimate of drug-likeness (QED) is 0.738. The SMILES string of the molecule is Nc1ccc(-c2ccc(OCc3ccccc3)nc2)cc1F. The molecule has 0 bridgehead atoms. The number of aromatic nitrogens is 1. The van der Waals surface area contributed by atoms with Gasteiger partial charge in [0.1, 0.15) is 12.4 Å². The molecule has 110 valence electrons. The van der Waals surface area contributed by atoms with Gasteiger partial charge < -0.3 is 10.5 Å². The van der Waals surface area contributed by atoms with Crippen LogP contribution in [0.5, 0.6) is 5.88 Å². The molecule has 0 fully saturated rings. The molecule has 2 aromatic carbocycles. The third-order valence-electron chi connectivity index (χ3n) is 3.30. The highest BCUT2D eigenvalue weighted by Crippen LogP contribution is 2.23. The molecule has 1 heterocycles. The number of nitrogen functional groups attached to an aromatic ring is 1. The van der Waals surface area contributed by atoms with Crippen LogP contribution in [0.3, 0.4) is 0 Å². The van der Waals surface area contributed by atoms with E-state index in [0.29, 0.717) is 12.5 Å². The van der Waals surface area contributed by atoms with E-state index in [4.69, 9.17) is 10.5 Å². The van der Waals surface area contributed by atoms with Crippen LogP contribution in [0.1, 0.15) is 5.56 Å². The second-order valence-electron chi connectivity index (χ2n) is 4.90. The lowest BCUT2D eigenvalue weighted by Gasteiger charge is -2.07. The Bertz CT molecular complexity index is 758. The van der Waals surface area contributed by atoms with Crippen LogP contribution in [-0.2, 0) is 6.61 Å². The number of anilines is 1. The topological polar surface area (TPSA) is 48.1 Å². The predicted octanol–water partition coefficient (Wildman–Crippen LogP) is 4.05. The van der Waals surface area contributed by atoms with Crippen LogP contribution in [0.4, 0.5) is 10.1 Å². The average molecular weight is 294 g/mol. The molecule has 0 saturated carbocycles. The minimum absolute atomic E-state index is 0.138. The minimum Gasteiger partial charge on any atom is -0.473 e. The summed E-state index contributed by atoms with van der Waals surface area (Å²) in [6.07, 6.45) is 1.66. The molecule has 3 aromatic rings. The van der Waals surface area contributed by atoms with Crippen LogP contribution in [-0.4, -0.2) is 4.98 Å². The number of pyridine rings is 1. The van der Waals surface area contributed by atoms with Gasteiger partial charge in [0, 0.05) is 17.8 Å². The van der Waals surface area contributed by atoms with E-state index >= 15 is 0 Å². The Morgan fingerprint density at radius 3 is 2.41 bits per heavy atom. The number of hydrogen-bond acceptors (Lipinski definition) is 3. The van der Waals surface area contributed by atoms with E-state index in [1.807, 2.05) is 36.4 Å². The van der Waals surface area contributed by atoms with Crippen molar-refractivity contribution in [2.75, 3.05) is 5.73 Å². The minimum atomic E-state index is -0.429. The Morgan fingerprint density at radius 2 is 1.73 bits per heavy atom. The van der Waals surface area contributed by atoms with E-state index in [-0.39, 0.29) is 5.69 Å². The van der Waals surface area contributed by atoms with Gasteiger partial charge in [-0.15, -0.1) is 0 Å². The Kier molecular flexibility index (Phi) is 4.01. The van der Waals surface area contributed by atoms with Crippen molar-refractivity contribution in [3.8, 4) is 17.0 Å². The Hall–Kier alpha value is -2.88. The van der Waals surface area contributed by atoms with E-state index in [9.17, 15) is 4.39 Å². The van der Waals surface area contributed by atoms with Gasteiger partial charge in [-0.1, -0.05) is 36.4 Å². The fourth-order valence-electron chi connectivity index (χ4n) is 2.07. The zero-order valence-corrected chi connectivity index (χ0v) is 11.9. The van der Waals surface area contributed by atoms with Crippen molar-refractivity contribution in [1.82, 2.24) is 4.98 Å². The molecule has 1 aromatic heterocycles. The average Bonchev–Trinajstić information content (AvgIpc) is 2.57. The zero-order chi connectivity index (χ0) is 15.4. The maximum absolute atomic E-state index is 13.5. The molecular weight excluding hydrogens is 279 g/mol. The van der Waals surface area contributed by atoms with E-state index in [1.165, 1.54) is 6.07 Å². The lowest BCUT2D eigenvalue weighted by Crippen LogP contribution is -1.97. The fourth-order valence-corrected chi connectivity index (χ4v) is 2.07. The Morgan fingerprint density at radius 1 is 0.955 bits per heavy atom. The molecule has 0 atom stereocenters. The van der Waals surface area contributed by atoms with Crippen LogP contribution < -0.4 is 10.5 Å². The molecule has 22 heavy (non-hydrogen) atoms. The third-order valence-corrected chi connectivity index (χ3v) is 3.30. The molecule has 4 heteroatoms. The first kappa shape index (κ1) is 14.1. The van der Waals surface area contributed by atoms with Gasteiger partial charge in [-0.2, -0.15) is 0 Å². The van der Waals surface area contributed by atoms with E-state index in [0.717, 1.165) is 16.7 Å². The normalized spacial score (nSPS) is 10.4. The van der Waals surface area contributed by atoms with Crippen molar-refractivity contribution in [3.05, 3.63) is 78.2 Å². The fraction of sp³-hybridized carbons (Fsp3) is 0.0556. The van der Waals surface area contributed by atoms with Crippen molar-refractivity contribution in [1.29, 1.82) is 0 Å². The molecule has 0 aliphatic heterocycles. The highest BCUT2D eigenvalue weighted by Gasteiger charge is 2.04. The number of halogens is 1. The Labute approximate surface area is 128 Å². The number of rotatable bonds is 4. The van der Waals surface area contributed by atoms with Gasteiger partial charge in [-0.05, 0) is 29.3 Å². The highest BCUT2D eigenvalue weighted by atomic mass is 19.1. The first-order valence-electron chi connectivity index (χ1n) is 6.90. The highest BCUT2D eigenvalue weighted by molar-refractivity contribution is 5.65. The standard InChI is InChI=1S/C18H15FN2O/c19-16-10-14(6-8-17(16)20)15-7-9-18(21-11-15)22-12-13-4-2-1-3-5-13/h1-11H,12,20H2. The summed E-state index contributed by atoms with van der Waals surface area (Å²) in [7, 11) is 0. The van der Waals surface area contributed by atoms with Crippen LogP contribution in [0.15, 0.2) is 66.9 Å². The second kappa shape index (κ2) is 6.26. The summed E-state index contributed by atoms with van der Waals surface area (Å²) in [5.74, 6) is 0.102. The van der Waals surface area contributed by atoms with Gasteiger partial charge in [0.2, 0.25) is 5.88 Å². The van der Waals surface area contributed by atoms with Crippen LogP contribution in [0.2, 0.25) is 0 Å². The first-order valence-corrected chi connectivity index (χ1v) is 6.90. The summed E-state index contributed by atoms with van der Waals surface area (Å²) in [5.41, 5.74) is 8.23. The summed E-state index contributed by atoms with van der Waals surface area (Å²) < 4.78 is 19.1. The Balaban J connectivity index is 1.71. The second-order valence-corrected chi connectivity index (χ2v) is 4.90. The summed E-state index contributed by atoms with van der Waals surface area (Å²) in [4.78, 5) is 4.25. The maximum Gasteiger partial charge on any atom is 0.213 e. The molecule has 3 rings (SSSR count). The predicted molar refractivity (Wildman–Crippen MR) is 84.8 cm³/mol. The number of benzene rings is 2. The van der Waals surface area contributed by atoms with Gasteiger partial charge in [0.05, 0.1) is 5.69 Å². The van der Waals surface area contributed by atoms with Crippen molar-refractivity contribution in [2.24, 2.45) is 0 Å². The summed E-state index contributed by atoms with van der Waals surface area (Å²) in [5, 5.41) is 0. The smallest absolute Gasteiger partial charge is 0.213 e. The summed E-state index contributed by atoms with van der Waals surface area (Å²) in [6, 6.07) is 18.2. The zero-order valence-electron chi connectivity index (χ0n) is 11.9. The molecule has 0 unspecified atom stereocenters. The molecule has 2 N–H and O–H groups in total.